The van der Waals surface area contributed by atoms with Gasteiger partial charge in [0, 0.05) is 31.7 Å². The monoisotopic (exact) mass is 193 g/mol. The molecule has 4 nitrogen and oxygen atoms in total. The van der Waals surface area contributed by atoms with Gasteiger partial charge in [-0.1, -0.05) is 6.07 Å². The van der Waals surface area contributed by atoms with E-state index >= 15 is 0 Å². The van der Waals surface area contributed by atoms with Crippen molar-refractivity contribution in [1.82, 2.24) is 9.88 Å². The number of rotatable bonds is 2. The Balaban J connectivity index is 2.15. The quantitative estimate of drug-likeness (QED) is 0.694. The highest BCUT2D eigenvalue weighted by Crippen LogP contribution is 2.17. The number of aliphatic hydroxyl groups excluding tert-OH is 1. The molecule has 0 unspecified atom stereocenters. The first-order chi connectivity index (χ1) is 6.79. The summed E-state index contributed by atoms with van der Waals surface area (Å²) >= 11 is 0. The van der Waals surface area contributed by atoms with Crippen LogP contribution >= 0.6 is 0 Å². The fraction of sp³-hybridized carbons (Fsp3) is 0.500. The molecule has 0 bridgehead atoms. The highest BCUT2D eigenvalue weighted by atomic mass is 16.3. The van der Waals surface area contributed by atoms with Crippen LogP contribution in [0.25, 0.3) is 0 Å². The number of β-amino-alcohol motifs (C(OH)–C–C–N with tert-alkyl or cyclic N) is 1. The standard InChI is InChI=1S/C10H15N3O/c11-10-2-1-8-7-13(5-6-14)4-3-9(8)12-10/h1-2,14H,3-7H2,(H2,11,12). The molecule has 1 aromatic heterocycles. The fourth-order valence-corrected chi connectivity index (χ4v) is 1.82. The van der Waals surface area contributed by atoms with Crippen LogP contribution in [-0.2, 0) is 13.0 Å². The number of aromatic nitrogens is 1. The first kappa shape index (κ1) is 9.43. The average Bonchev–Trinajstić information content (AvgIpc) is 2.19. The van der Waals surface area contributed by atoms with Crippen molar-refractivity contribution in [3.8, 4) is 0 Å². The number of pyridine rings is 1. The number of aliphatic hydroxyl groups is 1. The molecule has 0 saturated carbocycles. The van der Waals surface area contributed by atoms with Crippen molar-refractivity contribution < 1.29 is 5.11 Å². The first-order valence-corrected chi connectivity index (χ1v) is 4.87. The van der Waals surface area contributed by atoms with Crippen molar-refractivity contribution in [2.45, 2.75) is 13.0 Å². The summed E-state index contributed by atoms with van der Waals surface area (Å²) in [6, 6.07) is 3.86. The molecular weight excluding hydrogens is 178 g/mol. The van der Waals surface area contributed by atoms with Gasteiger partial charge in [-0.3, -0.25) is 4.90 Å². The molecule has 0 radical (unpaired) electrons. The third-order valence-corrected chi connectivity index (χ3v) is 2.57. The Labute approximate surface area is 83.4 Å². The molecule has 14 heavy (non-hydrogen) atoms. The summed E-state index contributed by atoms with van der Waals surface area (Å²) in [7, 11) is 0. The van der Waals surface area contributed by atoms with Crippen molar-refractivity contribution in [2.24, 2.45) is 0 Å². The number of nitrogen functional groups attached to an aromatic ring is 1. The van der Waals surface area contributed by atoms with E-state index in [-0.39, 0.29) is 6.61 Å². The van der Waals surface area contributed by atoms with Crippen molar-refractivity contribution in [3.63, 3.8) is 0 Å². The van der Waals surface area contributed by atoms with Crippen LogP contribution in [0.4, 0.5) is 5.82 Å². The van der Waals surface area contributed by atoms with Gasteiger partial charge in [0.2, 0.25) is 0 Å². The summed E-state index contributed by atoms with van der Waals surface area (Å²) in [6.45, 7) is 2.80. The molecule has 0 atom stereocenters. The predicted octanol–water partition coefficient (Wildman–Crippen LogP) is 0.0142. The highest BCUT2D eigenvalue weighted by molar-refractivity contribution is 5.35. The lowest BCUT2D eigenvalue weighted by molar-refractivity contribution is 0.183. The molecule has 0 saturated heterocycles. The lowest BCUT2D eigenvalue weighted by Gasteiger charge is -2.27. The van der Waals surface area contributed by atoms with Crippen LogP contribution in [0.15, 0.2) is 12.1 Å². The molecule has 0 aliphatic carbocycles. The second-order valence-corrected chi connectivity index (χ2v) is 3.59. The summed E-state index contributed by atoms with van der Waals surface area (Å²) in [5.74, 6) is 0.597. The van der Waals surface area contributed by atoms with E-state index in [4.69, 9.17) is 10.8 Å². The number of anilines is 1. The van der Waals surface area contributed by atoms with Gasteiger partial charge in [-0.15, -0.1) is 0 Å². The van der Waals surface area contributed by atoms with Crippen molar-refractivity contribution in [1.29, 1.82) is 0 Å². The smallest absolute Gasteiger partial charge is 0.123 e. The van der Waals surface area contributed by atoms with Gasteiger partial charge in [-0.25, -0.2) is 4.98 Å². The second kappa shape index (κ2) is 3.94. The van der Waals surface area contributed by atoms with Gasteiger partial charge < -0.3 is 10.8 Å². The second-order valence-electron chi connectivity index (χ2n) is 3.59. The molecule has 1 aliphatic heterocycles. The Bertz CT molecular complexity index is 327. The normalized spacial score (nSPS) is 16.6. The van der Waals surface area contributed by atoms with Crippen LogP contribution in [0.2, 0.25) is 0 Å². The minimum Gasteiger partial charge on any atom is -0.395 e. The molecule has 3 N–H and O–H groups in total. The zero-order valence-electron chi connectivity index (χ0n) is 8.11. The van der Waals surface area contributed by atoms with E-state index in [0.717, 1.165) is 31.7 Å². The molecule has 2 rings (SSSR count). The minimum atomic E-state index is 0.220. The number of fused-ring (bicyclic) bond motifs is 1. The number of hydrogen-bond acceptors (Lipinski definition) is 4. The van der Waals surface area contributed by atoms with E-state index < -0.39 is 0 Å². The SMILES string of the molecule is Nc1ccc2c(n1)CCN(CCO)C2. The van der Waals surface area contributed by atoms with E-state index in [9.17, 15) is 0 Å². The maximum atomic E-state index is 8.83. The number of nitrogens with two attached hydrogens (primary N) is 1. The maximum Gasteiger partial charge on any atom is 0.123 e. The largest absolute Gasteiger partial charge is 0.395 e. The lowest BCUT2D eigenvalue weighted by atomic mass is 10.1. The van der Waals surface area contributed by atoms with Crippen molar-refractivity contribution >= 4 is 5.82 Å². The van der Waals surface area contributed by atoms with Crippen LogP contribution in [0.3, 0.4) is 0 Å². The first-order valence-electron chi connectivity index (χ1n) is 4.87. The Hall–Kier alpha value is -1.13. The third-order valence-electron chi connectivity index (χ3n) is 2.57. The maximum absolute atomic E-state index is 8.83. The van der Waals surface area contributed by atoms with Gasteiger partial charge in [-0.05, 0) is 11.6 Å². The van der Waals surface area contributed by atoms with Gasteiger partial charge >= 0.3 is 0 Å². The molecule has 0 amide bonds. The molecule has 0 aromatic carbocycles. The Kier molecular flexibility index (Phi) is 2.65. The van der Waals surface area contributed by atoms with Gasteiger partial charge in [0.05, 0.1) is 6.61 Å². The molecule has 76 valence electrons. The fourth-order valence-electron chi connectivity index (χ4n) is 1.82. The predicted molar refractivity (Wildman–Crippen MR) is 54.7 cm³/mol. The zero-order chi connectivity index (χ0) is 9.97. The van der Waals surface area contributed by atoms with Crippen molar-refractivity contribution in [3.05, 3.63) is 23.4 Å². The lowest BCUT2D eigenvalue weighted by Crippen LogP contribution is -2.33. The van der Waals surface area contributed by atoms with E-state index in [1.54, 1.807) is 0 Å². The van der Waals surface area contributed by atoms with Gasteiger partial charge in [0.1, 0.15) is 5.82 Å². The van der Waals surface area contributed by atoms with E-state index in [1.807, 2.05) is 12.1 Å². The molecule has 4 heteroatoms. The van der Waals surface area contributed by atoms with Crippen LogP contribution in [0.5, 0.6) is 0 Å². The molecule has 2 heterocycles. The highest BCUT2D eigenvalue weighted by Gasteiger charge is 2.16. The third kappa shape index (κ3) is 1.86. The summed E-state index contributed by atoms with van der Waals surface area (Å²) in [5.41, 5.74) is 7.96. The Morgan fingerprint density at radius 2 is 2.36 bits per heavy atom. The molecular formula is C10H15N3O. The zero-order valence-corrected chi connectivity index (χ0v) is 8.11. The van der Waals surface area contributed by atoms with Crippen LogP contribution < -0.4 is 5.73 Å². The minimum absolute atomic E-state index is 0.220. The Morgan fingerprint density at radius 1 is 1.50 bits per heavy atom. The summed E-state index contributed by atoms with van der Waals surface area (Å²) in [6.07, 6.45) is 0.931. The van der Waals surface area contributed by atoms with E-state index in [1.165, 1.54) is 5.56 Å². The summed E-state index contributed by atoms with van der Waals surface area (Å²) < 4.78 is 0. The molecule has 0 spiro atoms. The van der Waals surface area contributed by atoms with E-state index in [2.05, 4.69) is 9.88 Å². The van der Waals surface area contributed by atoms with Crippen LogP contribution in [0.1, 0.15) is 11.3 Å². The van der Waals surface area contributed by atoms with Gasteiger partial charge in [0.25, 0.3) is 0 Å². The van der Waals surface area contributed by atoms with Crippen LogP contribution in [-0.4, -0.2) is 34.7 Å². The number of hydrogen-bond donors (Lipinski definition) is 2. The molecule has 0 fully saturated rings. The summed E-state index contributed by atoms with van der Waals surface area (Å²) in [4.78, 5) is 6.52. The van der Waals surface area contributed by atoms with Crippen LogP contribution in [0, 0.1) is 0 Å². The van der Waals surface area contributed by atoms with Gasteiger partial charge in [-0.2, -0.15) is 0 Å². The average molecular weight is 193 g/mol. The van der Waals surface area contributed by atoms with Gasteiger partial charge in [0.15, 0.2) is 0 Å². The topological polar surface area (TPSA) is 62.4 Å². The molecule has 1 aromatic rings. The van der Waals surface area contributed by atoms with Crippen molar-refractivity contribution in [2.75, 3.05) is 25.4 Å². The summed E-state index contributed by atoms with van der Waals surface area (Å²) in [5, 5.41) is 8.83. The molecule has 1 aliphatic rings. The Morgan fingerprint density at radius 3 is 3.14 bits per heavy atom. The number of nitrogens with zero attached hydrogens (tertiary/aromatic N) is 2. The van der Waals surface area contributed by atoms with E-state index in [0.29, 0.717) is 5.82 Å².